The van der Waals surface area contributed by atoms with Gasteiger partial charge in [0.1, 0.15) is 6.04 Å². The normalized spacial score (nSPS) is 17.5. The second kappa shape index (κ2) is 8.37. The molecule has 0 aliphatic carbocycles. The SMILES string of the molecule is CCCOc1c(Br)cc(C(=O)N2CCCCC2C(N)=O)cc1OC. The zero-order chi connectivity index (χ0) is 17.7. The highest BCUT2D eigenvalue weighted by molar-refractivity contribution is 9.10. The van der Waals surface area contributed by atoms with E-state index in [2.05, 4.69) is 15.9 Å². The van der Waals surface area contributed by atoms with Gasteiger partial charge in [0.2, 0.25) is 5.91 Å². The number of nitrogens with two attached hydrogens (primary N) is 1. The Morgan fingerprint density at radius 1 is 1.38 bits per heavy atom. The van der Waals surface area contributed by atoms with Crippen LogP contribution in [0.3, 0.4) is 0 Å². The van der Waals surface area contributed by atoms with Crippen LogP contribution >= 0.6 is 15.9 Å². The molecular formula is C17H23BrN2O4. The summed E-state index contributed by atoms with van der Waals surface area (Å²) < 4.78 is 11.7. The number of primary amides is 1. The van der Waals surface area contributed by atoms with Gasteiger partial charge in [0.05, 0.1) is 18.2 Å². The average molecular weight is 399 g/mol. The number of carbonyl (C=O) groups excluding carboxylic acids is 2. The average Bonchev–Trinajstić information content (AvgIpc) is 2.59. The molecule has 1 aliphatic rings. The Balaban J connectivity index is 2.31. The molecule has 1 fully saturated rings. The van der Waals surface area contributed by atoms with E-state index in [1.165, 1.54) is 7.11 Å². The molecule has 7 heteroatoms. The number of hydrogen-bond acceptors (Lipinski definition) is 4. The lowest BCUT2D eigenvalue weighted by molar-refractivity contribution is -0.123. The summed E-state index contributed by atoms with van der Waals surface area (Å²) in [5, 5.41) is 0. The number of hydrogen-bond donors (Lipinski definition) is 1. The van der Waals surface area contributed by atoms with Crippen molar-refractivity contribution < 1.29 is 19.1 Å². The van der Waals surface area contributed by atoms with E-state index in [0.29, 0.717) is 41.1 Å². The molecule has 1 atom stereocenters. The van der Waals surface area contributed by atoms with Gasteiger partial charge in [-0.2, -0.15) is 0 Å². The molecule has 2 amide bonds. The van der Waals surface area contributed by atoms with Crippen molar-refractivity contribution in [2.45, 2.75) is 38.6 Å². The van der Waals surface area contributed by atoms with E-state index in [1.807, 2.05) is 6.92 Å². The van der Waals surface area contributed by atoms with E-state index in [-0.39, 0.29) is 5.91 Å². The van der Waals surface area contributed by atoms with Gasteiger partial charge in [-0.05, 0) is 53.7 Å². The number of likely N-dealkylation sites (tertiary alicyclic amines) is 1. The van der Waals surface area contributed by atoms with Gasteiger partial charge >= 0.3 is 0 Å². The van der Waals surface area contributed by atoms with Crippen molar-refractivity contribution in [2.24, 2.45) is 5.73 Å². The Morgan fingerprint density at radius 2 is 2.12 bits per heavy atom. The first-order valence-electron chi connectivity index (χ1n) is 8.10. The maximum atomic E-state index is 12.9. The van der Waals surface area contributed by atoms with Crippen LogP contribution in [0, 0.1) is 0 Å². The number of amides is 2. The highest BCUT2D eigenvalue weighted by Crippen LogP contribution is 2.37. The highest BCUT2D eigenvalue weighted by atomic mass is 79.9. The molecule has 0 saturated carbocycles. The molecule has 2 N–H and O–H groups in total. The van der Waals surface area contributed by atoms with Crippen LogP contribution in [0.25, 0.3) is 0 Å². The lowest BCUT2D eigenvalue weighted by atomic mass is 10.00. The molecule has 1 saturated heterocycles. The molecule has 2 rings (SSSR count). The predicted molar refractivity (Wildman–Crippen MR) is 94.3 cm³/mol. The molecule has 1 aromatic carbocycles. The topological polar surface area (TPSA) is 81.9 Å². The molecule has 1 aliphatic heterocycles. The Bertz CT molecular complexity index is 621. The number of benzene rings is 1. The molecular weight excluding hydrogens is 376 g/mol. The van der Waals surface area contributed by atoms with E-state index < -0.39 is 11.9 Å². The van der Waals surface area contributed by atoms with Crippen molar-refractivity contribution in [2.75, 3.05) is 20.3 Å². The number of nitrogens with zero attached hydrogens (tertiary/aromatic N) is 1. The third kappa shape index (κ3) is 4.01. The summed E-state index contributed by atoms with van der Waals surface area (Å²) in [6.07, 6.45) is 3.24. The summed E-state index contributed by atoms with van der Waals surface area (Å²) in [5.74, 6) is 0.367. The van der Waals surface area contributed by atoms with Crippen LogP contribution in [0.2, 0.25) is 0 Å². The van der Waals surface area contributed by atoms with Crippen molar-refractivity contribution >= 4 is 27.7 Å². The maximum Gasteiger partial charge on any atom is 0.254 e. The van der Waals surface area contributed by atoms with Gasteiger partial charge in [-0.25, -0.2) is 0 Å². The molecule has 0 spiro atoms. The van der Waals surface area contributed by atoms with E-state index in [4.69, 9.17) is 15.2 Å². The van der Waals surface area contributed by atoms with Gasteiger partial charge < -0.3 is 20.1 Å². The number of carbonyl (C=O) groups is 2. The minimum atomic E-state index is -0.549. The largest absolute Gasteiger partial charge is 0.493 e. The number of halogens is 1. The third-order valence-electron chi connectivity index (χ3n) is 4.02. The van der Waals surface area contributed by atoms with Crippen molar-refractivity contribution in [1.29, 1.82) is 0 Å². The molecule has 1 aromatic rings. The van der Waals surface area contributed by atoms with Crippen LogP contribution < -0.4 is 15.2 Å². The highest BCUT2D eigenvalue weighted by Gasteiger charge is 2.32. The van der Waals surface area contributed by atoms with E-state index in [1.54, 1.807) is 17.0 Å². The van der Waals surface area contributed by atoms with E-state index in [9.17, 15) is 9.59 Å². The van der Waals surface area contributed by atoms with Gasteiger partial charge in [0.25, 0.3) is 5.91 Å². The van der Waals surface area contributed by atoms with Crippen LogP contribution in [0.5, 0.6) is 11.5 Å². The molecule has 132 valence electrons. The van der Waals surface area contributed by atoms with Crippen LogP contribution in [0.4, 0.5) is 0 Å². The van der Waals surface area contributed by atoms with Crippen LogP contribution in [0.15, 0.2) is 16.6 Å². The Kier molecular flexibility index (Phi) is 6.48. The molecule has 0 aromatic heterocycles. The maximum absolute atomic E-state index is 12.9. The molecule has 0 bridgehead atoms. The second-order valence-electron chi connectivity index (χ2n) is 5.75. The fraction of sp³-hybridized carbons (Fsp3) is 0.529. The summed E-state index contributed by atoms with van der Waals surface area (Å²) in [6, 6.07) is 2.79. The number of methoxy groups -OCH3 is 1. The number of rotatable bonds is 6. The first-order valence-corrected chi connectivity index (χ1v) is 8.89. The predicted octanol–water partition coefficient (Wildman–Crippen LogP) is 2.73. The van der Waals surface area contributed by atoms with E-state index >= 15 is 0 Å². The van der Waals surface area contributed by atoms with Gasteiger partial charge in [0.15, 0.2) is 11.5 Å². The third-order valence-corrected chi connectivity index (χ3v) is 4.61. The van der Waals surface area contributed by atoms with Crippen molar-refractivity contribution in [3.8, 4) is 11.5 Å². The molecule has 6 nitrogen and oxygen atoms in total. The molecule has 1 unspecified atom stereocenters. The van der Waals surface area contributed by atoms with Gasteiger partial charge in [-0.15, -0.1) is 0 Å². The molecule has 24 heavy (non-hydrogen) atoms. The monoisotopic (exact) mass is 398 g/mol. The van der Waals surface area contributed by atoms with Gasteiger partial charge in [-0.3, -0.25) is 9.59 Å². The fourth-order valence-electron chi connectivity index (χ4n) is 2.82. The summed E-state index contributed by atoms with van der Waals surface area (Å²) >= 11 is 3.44. The van der Waals surface area contributed by atoms with Crippen molar-refractivity contribution in [1.82, 2.24) is 4.90 Å². The summed E-state index contributed by atoms with van der Waals surface area (Å²) in [7, 11) is 1.53. The lowest BCUT2D eigenvalue weighted by Crippen LogP contribution is -2.50. The fourth-order valence-corrected chi connectivity index (χ4v) is 3.38. The standard InChI is InChI=1S/C17H23BrN2O4/c1-3-8-24-15-12(18)9-11(10-14(15)23-2)17(22)20-7-5-4-6-13(20)16(19)21/h9-10,13H,3-8H2,1-2H3,(H2,19,21). The molecule has 0 radical (unpaired) electrons. The van der Waals surface area contributed by atoms with Gasteiger partial charge in [-0.1, -0.05) is 6.92 Å². The van der Waals surface area contributed by atoms with Crippen LogP contribution in [-0.4, -0.2) is 43.0 Å². The Labute approximate surface area is 150 Å². The minimum Gasteiger partial charge on any atom is -0.493 e. The number of ether oxygens (including phenoxy) is 2. The van der Waals surface area contributed by atoms with Crippen LogP contribution in [0.1, 0.15) is 43.0 Å². The molecule has 1 heterocycles. The first-order chi connectivity index (χ1) is 11.5. The quantitative estimate of drug-likeness (QED) is 0.798. The summed E-state index contributed by atoms with van der Waals surface area (Å²) in [4.78, 5) is 26.1. The number of piperidine rings is 1. The van der Waals surface area contributed by atoms with Gasteiger partial charge in [0, 0.05) is 12.1 Å². The van der Waals surface area contributed by atoms with E-state index in [0.717, 1.165) is 19.3 Å². The summed E-state index contributed by atoms with van der Waals surface area (Å²) in [5.41, 5.74) is 5.89. The Morgan fingerprint density at radius 3 is 2.75 bits per heavy atom. The smallest absolute Gasteiger partial charge is 0.254 e. The summed E-state index contributed by atoms with van der Waals surface area (Å²) in [6.45, 7) is 3.09. The van der Waals surface area contributed by atoms with Crippen LogP contribution in [-0.2, 0) is 4.79 Å². The Hall–Kier alpha value is -1.76. The second-order valence-corrected chi connectivity index (χ2v) is 6.60. The zero-order valence-electron chi connectivity index (χ0n) is 14.0. The van der Waals surface area contributed by atoms with Crippen molar-refractivity contribution in [3.05, 3.63) is 22.2 Å². The lowest BCUT2D eigenvalue weighted by Gasteiger charge is -2.33. The zero-order valence-corrected chi connectivity index (χ0v) is 15.6. The minimum absolute atomic E-state index is 0.223. The van der Waals surface area contributed by atoms with Crippen molar-refractivity contribution in [3.63, 3.8) is 0 Å². The first kappa shape index (κ1) is 18.6.